The Bertz CT molecular complexity index is 1510. The molecule has 0 bridgehead atoms. The van der Waals surface area contributed by atoms with Crippen molar-refractivity contribution < 1.29 is 23.9 Å². The first-order chi connectivity index (χ1) is 19.0. The topological polar surface area (TPSA) is 125 Å². The van der Waals surface area contributed by atoms with E-state index in [2.05, 4.69) is 22.1 Å². The highest BCUT2D eigenvalue weighted by Gasteiger charge is 2.14. The fourth-order valence-corrected chi connectivity index (χ4v) is 3.80. The molecule has 0 aliphatic heterocycles. The van der Waals surface area contributed by atoms with Gasteiger partial charge < -0.3 is 14.2 Å². The van der Waals surface area contributed by atoms with Crippen LogP contribution < -0.4 is 19.6 Å². The van der Waals surface area contributed by atoms with Gasteiger partial charge in [0.15, 0.2) is 18.1 Å². The molecule has 0 spiro atoms. The van der Waals surface area contributed by atoms with E-state index >= 15 is 0 Å². The molecule has 0 atom stereocenters. The lowest BCUT2D eigenvalue weighted by atomic mass is 10.1. The van der Waals surface area contributed by atoms with Gasteiger partial charge in [0.1, 0.15) is 17.9 Å². The van der Waals surface area contributed by atoms with Crippen molar-refractivity contribution in [1.29, 1.82) is 0 Å². The fraction of sp³-hybridized carbons (Fsp3) is 0.138. The lowest BCUT2D eigenvalue weighted by Crippen LogP contribution is -2.24. The average molecular weight is 527 g/mol. The molecular weight excluding hydrogens is 500 g/mol. The number of hydrazone groups is 1. The summed E-state index contributed by atoms with van der Waals surface area (Å²) in [5.41, 5.74) is 5.38. The normalized spacial score (nSPS) is 10.8. The predicted molar refractivity (Wildman–Crippen MR) is 147 cm³/mol. The van der Waals surface area contributed by atoms with Gasteiger partial charge in [-0.05, 0) is 53.9 Å². The van der Waals surface area contributed by atoms with E-state index in [0.717, 1.165) is 16.5 Å². The molecule has 1 heterocycles. The molecule has 0 fully saturated rings. The summed E-state index contributed by atoms with van der Waals surface area (Å²) < 4.78 is 17.2. The lowest BCUT2D eigenvalue weighted by Gasteiger charge is -2.16. The van der Waals surface area contributed by atoms with E-state index in [9.17, 15) is 14.9 Å². The number of carbonyl (C=O) groups excluding carboxylic acids is 1. The first kappa shape index (κ1) is 26.8. The number of ether oxygens (including phenoxy) is 3. The van der Waals surface area contributed by atoms with Gasteiger partial charge in [-0.25, -0.2) is 5.43 Å². The van der Waals surface area contributed by atoms with Gasteiger partial charge in [-0.15, -0.1) is 6.58 Å². The van der Waals surface area contributed by atoms with Crippen molar-refractivity contribution in [3.05, 3.63) is 112 Å². The zero-order valence-electron chi connectivity index (χ0n) is 21.2. The summed E-state index contributed by atoms with van der Waals surface area (Å²) in [4.78, 5) is 27.0. The fourth-order valence-electron chi connectivity index (χ4n) is 3.80. The number of pyridine rings is 1. The number of amides is 1. The predicted octanol–water partition coefficient (Wildman–Crippen LogP) is 4.99. The van der Waals surface area contributed by atoms with E-state index in [-0.39, 0.29) is 18.9 Å². The maximum Gasteiger partial charge on any atom is 0.277 e. The molecule has 1 aromatic heterocycles. The number of hydrogen-bond acceptors (Lipinski definition) is 8. The number of allylic oxidation sites excluding steroid dienone is 1. The van der Waals surface area contributed by atoms with Crippen LogP contribution in [0.2, 0.25) is 0 Å². The van der Waals surface area contributed by atoms with Gasteiger partial charge in [0.2, 0.25) is 0 Å². The Morgan fingerprint density at radius 3 is 2.64 bits per heavy atom. The third kappa shape index (κ3) is 6.95. The quantitative estimate of drug-likeness (QED) is 0.119. The van der Waals surface area contributed by atoms with Gasteiger partial charge >= 0.3 is 0 Å². The highest BCUT2D eigenvalue weighted by molar-refractivity contribution is 5.86. The van der Waals surface area contributed by atoms with Crippen molar-refractivity contribution in [2.75, 3.05) is 13.7 Å². The van der Waals surface area contributed by atoms with Crippen LogP contribution in [0.1, 0.15) is 16.7 Å². The van der Waals surface area contributed by atoms with Crippen molar-refractivity contribution in [2.24, 2.45) is 5.10 Å². The number of rotatable bonds is 12. The van der Waals surface area contributed by atoms with Crippen LogP contribution in [0.15, 0.2) is 90.7 Å². The molecule has 1 amide bonds. The highest BCUT2D eigenvalue weighted by Crippen LogP contribution is 2.34. The number of non-ortho nitro benzene ring substituents is 1. The standard InChI is InChI=1S/C29H26N4O6/c1-3-6-23-15-21(16-26(37-2)29(23)39-18-20-10-12-24(13-11-20)33(35)36)17-31-32-27(34)19-38-25-9-4-7-22-8-5-14-30-28(22)25/h3-5,7-17H,1,6,18-19H2,2H3,(H,32,34)/b31-17+. The van der Waals surface area contributed by atoms with Crippen LogP contribution in [0.4, 0.5) is 5.69 Å². The third-order valence-electron chi connectivity index (χ3n) is 5.63. The van der Waals surface area contributed by atoms with Crippen molar-refractivity contribution in [3.8, 4) is 17.2 Å². The summed E-state index contributed by atoms with van der Waals surface area (Å²) in [5.74, 6) is 1.07. The molecule has 10 nitrogen and oxygen atoms in total. The molecular formula is C29H26N4O6. The molecule has 198 valence electrons. The van der Waals surface area contributed by atoms with Gasteiger partial charge in [0.05, 0.1) is 18.2 Å². The molecule has 1 N–H and O–H groups in total. The van der Waals surface area contributed by atoms with Gasteiger partial charge in [-0.2, -0.15) is 5.10 Å². The van der Waals surface area contributed by atoms with E-state index < -0.39 is 10.8 Å². The first-order valence-electron chi connectivity index (χ1n) is 11.9. The minimum atomic E-state index is -0.450. The van der Waals surface area contributed by atoms with Crippen LogP contribution in [-0.4, -0.2) is 35.7 Å². The maximum absolute atomic E-state index is 12.3. The minimum Gasteiger partial charge on any atom is -0.493 e. The number of hydrogen-bond donors (Lipinski definition) is 1. The van der Waals surface area contributed by atoms with E-state index in [1.165, 1.54) is 25.5 Å². The zero-order chi connectivity index (χ0) is 27.6. The number of fused-ring (bicyclic) bond motifs is 1. The van der Waals surface area contributed by atoms with Gasteiger partial charge in [0, 0.05) is 29.3 Å². The van der Waals surface area contributed by atoms with E-state index in [1.54, 1.807) is 36.5 Å². The molecule has 0 saturated heterocycles. The Morgan fingerprint density at radius 1 is 1.10 bits per heavy atom. The number of carbonyl (C=O) groups is 1. The minimum absolute atomic E-state index is 0.0107. The zero-order valence-corrected chi connectivity index (χ0v) is 21.2. The number of methoxy groups -OCH3 is 1. The molecule has 3 aromatic carbocycles. The van der Waals surface area contributed by atoms with Crippen LogP contribution in [0.3, 0.4) is 0 Å². The van der Waals surface area contributed by atoms with E-state index in [4.69, 9.17) is 14.2 Å². The molecule has 0 aliphatic carbocycles. The van der Waals surface area contributed by atoms with Crippen LogP contribution >= 0.6 is 0 Å². The number of para-hydroxylation sites is 1. The number of benzene rings is 3. The summed E-state index contributed by atoms with van der Waals surface area (Å²) in [6, 6.07) is 19.0. The van der Waals surface area contributed by atoms with Crippen molar-refractivity contribution in [2.45, 2.75) is 13.0 Å². The number of nitro benzene ring substituents is 1. The number of aromatic nitrogens is 1. The number of nitrogens with zero attached hydrogens (tertiary/aromatic N) is 3. The Kier molecular flexibility index (Phi) is 8.81. The Hall–Kier alpha value is -5.25. The maximum atomic E-state index is 12.3. The molecule has 0 aliphatic rings. The molecule has 39 heavy (non-hydrogen) atoms. The summed E-state index contributed by atoms with van der Waals surface area (Å²) >= 11 is 0. The second-order valence-electron chi connectivity index (χ2n) is 8.33. The molecule has 0 unspecified atom stereocenters. The van der Waals surface area contributed by atoms with E-state index in [0.29, 0.717) is 34.7 Å². The third-order valence-corrected chi connectivity index (χ3v) is 5.63. The molecule has 0 radical (unpaired) electrons. The SMILES string of the molecule is C=CCc1cc(/C=N/NC(=O)COc2cccc3cccnc23)cc(OC)c1OCc1ccc([N+](=O)[O-])cc1. The second-order valence-corrected chi connectivity index (χ2v) is 8.33. The van der Waals surface area contributed by atoms with E-state index in [1.807, 2.05) is 30.3 Å². The number of nitro groups is 1. The first-order valence-corrected chi connectivity index (χ1v) is 11.9. The molecule has 0 saturated carbocycles. The van der Waals surface area contributed by atoms with Crippen LogP contribution in [0, 0.1) is 10.1 Å². The molecule has 10 heteroatoms. The van der Waals surface area contributed by atoms with Gasteiger partial charge in [-0.3, -0.25) is 19.9 Å². The van der Waals surface area contributed by atoms with Gasteiger partial charge in [-0.1, -0.05) is 24.3 Å². The van der Waals surface area contributed by atoms with Crippen LogP contribution in [-0.2, 0) is 17.8 Å². The van der Waals surface area contributed by atoms with Crippen molar-refractivity contribution in [3.63, 3.8) is 0 Å². The second kappa shape index (κ2) is 12.8. The summed E-state index contributed by atoms with van der Waals surface area (Å²) in [7, 11) is 1.52. The summed E-state index contributed by atoms with van der Waals surface area (Å²) in [6.07, 6.45) is 5.38. The Morgan fingerprint density at radius 2 is 1.90 bits per heavy atom. The Balaban J connectivity index is 1.40. The Labute approximate surface area is 224 Å². The smallest absolute Gasteiger partial charge is 0.277 e. The number of nitrogens with one attached hydrogen (secondary N) is 1. The summed E-state index contributed by atoms with van der Waals surface area (Å²) in [5, 5.41) is 15.8. The highest BCUT2D eigenvalue weighted by atomic mass is 16.6. The summed E-state index contributed by atoms with van der Waals surface area (Å²) in [6.45, 7) is 3.77. The monoisotopic (exact) mass is 526 g/mol. The molecule has 4 rings (SSSR count). The van der Waals surface area contributed by atoms with Crippen molar-refractivity contribution in [1.82, 2.24) is 10.4 Å². The lowest BCUT2D eigenvalue weighted by molar-refractivity contribution is -0.384. The van der Waals surface area contributed by atoms with Crippen LogP contribution in [0.25, 0.3) is 10.9 Å². The van der Waals surface area contributed by atoms with Crippen molar-refractivity contribution >= 4 is 28.7 Å². The average Bonchev–Trinajstić information content (AvgIpc) is 2.95. The van der Waals surface area contributed by atoms with Gasteiger partial charge in [0.25, 0.3) is 11.6 Å². The largest absolute Gasteiger partial charge is 0.493 e. The molecule has 4 aromatic rings. The van der Waals surface area contributed by atoms with Crippen LogP contribution in [0.5, 0.6) is 17.2 Å².